The second-order valence-corrected chi connectivity index (χ2v) is 5.65. The van der Waals surface area contributed by atoms with Gasteiger partial charge in [0.15, 0.2) is 5.69 Å². The predicted octanol–water partition coefficient (Wildman–Crippen LogP) is 2.52. The summed E-state index contributed by atoms with van der Waals surface area (Å²) in [7, 11) is 0. The Hall–Kier alpha value is -1.44. The van der Waals surface area contributed by atoms with E-state index in [1.54, 1.807) is 18.3 Å². The summed E-state index contributed by atoms with van der Waals surface area (Å²) in [6.07, 6.45) is 1.66. The Morgan fingerprint density at radius 2 is 2.09 bits per heavy atom. The molecule has 0 aliphatic rings. The summed E-state index contributed by atoms with van der Waals surface area (Å²) in [4.78, 5) is 12.1. The normalized spacial score (nSPS) is 11.6. The summed E-state index contributed by atoms with van der Waals surface area (Å²) < 4.78 is 15.0. The summed E-state index contributed by atoms with van der Waals surface area (Å²) >= 11 is 3.31. The molecule has 0 aliphatic heterocycles. The monoisotopic (exact) mass is 390 g/mol. The number of nitrogens with zero attached hydrogens (tertiary/aromatic N) is 2. The van der Waals surface area contributed by atoms with E-state index >= 15 is 0 Å². The summed E-state index contributed by atoms with van der Waals surface area (Å²) in [5.41, 5.74) is 6.46. The molecule has 0 bridgehead atoms. The Morgan fingerprint density at radius 3 is 2.68 bits per heavy atom. The highest BCUT2D eigenvalue weighted by Crippen LogP contribution is 2.18. The van der Waals surface area contributed by atoms with Crippen LogP contribution in [0.1, 0.15) is 17.4 Å². The Bertz CT molecular complexity index is 632. The van der Waals surface area contributed by atoms with Crippen LogP contribution in [0.5, 0.6) is 0 Å². The van der Waals surface area contributed by atoms with Gasteiger partial charge in [-0.15, -0.1) is 12.4 Å². The van der Waals surface area contributed by atoms with Crippen LogP contribution in [0.2, 0.25) is 0 Å². The molecule has 2 aromatic rings. The zero-order valence-electron chi connectivity index (χ0n) is 11.9. The molecule has 120 valence electrons. The Labute approximate surface area is 142 Å². The Morgan fingerprint density at radius 1 is 1.45 bits per heavy atom. The number of halogens is 3. The molecule has 0 aliphatic carbocycles. The standard InChI is InChI=1S/C14H16BrFN4O.ClH/c1-9(6-17)7-18-14(21)13-12(15)8-20(19-13)11-4-2-10(16)3-5-11;/h2-5,8-9H,6-7,17H2,1H3,(H,18,21);1H. The fourth-order valence-corrected chi connectivity index (χ4v) is 2.12. The Kier molecular flexibility index (Phi) is 6.99. The average Bonchev–Trinajstić information content (AvgIpc) is 2.87. The van der Waals surface area contributed by atoms with Crippen molar-refractivity contribution in [1.82, 2.24) is 15.1 Å². The summed E-state index contributed by atoms with van der Waals surface area (Å²) in [6.45, 7) is 2.95. The maximum atomic E-state index is 12.9. The number of nitrogens with one attached hydrogen (secondary N) is 1. The van der Waals surface area contributed by atoms with Crippen LogP contribution in [0, 0.1) is 11.7 Å². The quantitative estimate of drug-likeness (QED) is 0.822. The second-order valence-electron chi connectivity index (χ2n) is 4.80. The molecule has 0 fully saturated rings. The number of aromatic nitrogens is 2. The van der Waals surface area contributed by atoms with Crippen molar-refractivity contribution in [3.63, 3.8) is 0 Å². The molecule has 3 N–H and O–H groups in total. The first-order chi connectivity index (χ1) is 10.0. The highest BCUT2D eigenvalue weighted by atomic mass is 79.9. The number of carbonyl (C=O) groups excluding carboxylic acids is 1. The fraction of sp³-hybridized carbons (Fsp3) is 0.286. The molecule has 1 amide bonds. The smallest absolute Gasteiger partial charge is 0.272 e. The molecule has 0 radical (unpaired) electrons. The van der Waals surface area contributed by atoms with Crippen LogP contribution in [-0.2, 0) is 0 Å². The molecule has 1 atom stereocenters. The van der Waals surface area contributed by atoms with Crippen LogP contribution in [0.4, 0.5) is 4.39 Å². The van der Waals surface area contributed by atoms with Crippen LogP contribution in [0.3, 0.4) is 0 Å². The van der Waals surface area contributed by atoms with Gasteiger partial charge in [0.05, 0.1) is 10.2 Å². The van der Waals surface area contributed by atoms with E-state index in [9.17, 15) is 9.18 Å². The van der Waals surface area contributed by atoms with E-state index in [2.05, 4.69) is 26.3 Å². The summed E-state index contributed by atoms with van der Waals surface area (Å²) in [5, 5.41) is 7.00. The third kappa shape index (κ3) is 4.53. The molecule has 5 nitrogen and oxygen atoms in total. The van der Waals surface area contributed by atoms with Crippen LogP contribution >= 0.6 is 28.3 Å². The SMILES string of the molecule is CC(CN)CNC(=O)c1nn(-c2ccc(F)cc2)cc1Br.Cl. The van der Waals surface area contributed by atoms with Crippen molar-refractivity contribution >= 4 is 34.2 Å². The number of hydrogen-bond donors (Lipinski definition) is 2. The molecule has 0 saturated heterocycles. The van der Waals surface area contributed by atoms with Gasteiger partial charge in [-0.25, -0.2) is 9.07 Å². The van der Waals surface area contributed by atoms with Crippen molar-refractivity contribution < 1.29 is 9.18 Å². The van der Waals surface area contributed by atoms with E-state index < -0.39 is 0 Å². The number of nitrogens with two attached hydrogens (primary N) is 1. The number of rotatable bonds is 5. The third-order valence-corrected chi connectivity index (χ3v) is 3.57. The molecular formula is C14H17BrClFN4O. The molecule has 2 rings (SSSR count). The Balaban J connectivity index is 0.00000242. The lowest BCUT2D eigenvalue weighted by atomic mass is 10.2. The topological polar surface area (TPSA) is 72.9 Å². The van der Waals surface area contributed by atoms with Gasteiger partial charge < -0.3 is 11.1 Å². The minimum Gasteiger partial charge on any atom is -0.350 e. The van der Waals surface area contributed by atoms with Gasteiger partial charge in [0.25, 0.3) is 5.91 Å². The van der Waals surface area contributed by atoms with Gasteiger partial charge in [0, 0.05) is 12.7 Å². The van der Waals surface area contributed by atoms with Crippen molar-refractivity contribution in [3.8, 4) is 5.69 Å². The van der Waals surface area contributed by atoms with Crippen LogP contribution in [0.25, 0.3) is 5.69 Å². The minimum atomic E-state index is -0.321. The molecule has 1 aromatic carbocycles. The lowest BCUT2D eigenvalue weighted by Gasteiger charge is -2.08. The van der Waals surface area contributed by atoms with Gasteiger partial charge in [-0.05, 0) is 52.7 Å². The van der Waals surface area contributed by atoms with E-state index in [0.29, 0.717) is 23.2 Å². The van der Waals surface area contributed by atoms with E-state index in [1.807, 2.05) is 6.92 Å². The van der Waals surface area contributed by atoms with Crippen LogP contribution in [-0.4, -0.2) is 28.8 Å². The van der Waals surface area contributed by atoms with Crippen LogP contribution in [0.15, 0.2) is 34.9 Å². The number of benzene rings is 1. The van der Waals surface area contributed by atoms with Gasteiger partial charge >= 0.3 is 0 Å². The van der Waals surface area contributed by atoms with Crippen molar-refractivity contribution in [3.05, 3.63) is 46.4 Å². The first-order valence-electron chi connectivity index (χ1n) is 6.50. The minimum absolute atomic E-state index is 0. The molecule has 1 aromatic heterocycles. The first-order valence-corrected chi connectivity index (χ1v) is 7.30. The average molecular weight is 392 g/mol. The second kappa shape index (κ2) is 8.26. The van der Waals surface area contributed by atoms with Gasteiger partial charge in [0.2, 0.25) is 0 Å². The predicted molar refractivity (Wildman–Crippen MR) is 89.0 cm³/mol. The molecular weight excluding hydrogens is 375 g/mol. The molecule has 1 unspecified atom stereocenters. The van der Waals surface area contributed by atoms with E-state index in [-0.39, 0.29) is 35.7 Å². The van der Waals surface area contributed by atoms with Crippen molar-refractivity contribution in [2.75, 3.05) is 13.1 Å². The number of hydrogen-bond acceptors (Lipinski definition) is 3. The van der Waals surface area contributed by atoms with E-state index in [4.69, 9.17) is 5.73 Å². The lowest BCUT2D eigenvalue weighted by molar-refractivity contribution is 0.0942. The van der Waals surface area contributed by atoms with E-state index in [0.717, 1.165) is 0 Å². The fourth-order valence-electron chi connectivity index (χ4n) is 1.67. The summed E-state index contributed by atoms with van der Waals surface area (Å²) in [5.74, 6) is -0.395. The summed E-state index contributed by atoms with van der Waals surface area (Å²) in [6, 6.07) is 5.86. The van der Waals surface area contributed by atoms with Crippen molar-refractivity contribution in [2.45, 2.75) is 6.92 Å². The lowest BCUT2D eigenvalue weighted by Crippen LogP contribution is -2.31. The van der Waals surface area contributed by atoms with Crippen molar-refractivity contribution in [1.29, 1.82) is 0 Å². The zero-order valence-corrected chi connectivity index (χ0v) is 14.3. The maximum absolute atomic E-state index is 12.9. The molecule has 1 heterocycles. The highest BCUT2D eigenvalue weighted by Gasteiger charge is 2.16. The molecule has 0 spiro atoms. The van der Waals surface area contributed by atoms with Gasteiger partial charge in [-0.3, -0.25) is 4.79 Å². The van der Waals surface area contributed by atoms with Gasteiger partial charge in [-0.2, -0.15) is 5.10 Å². The van der Waals surface area contributed by atoms with E-state index in [1.165, 1.54) is 16.8 Å². The molecule has 0 saturated carbocycles. The largest absolute Gasteiger partial charge is 0.350 e. The zero-order chi connectivity index (χ0) is 15.4. The van der Waals surface area contributed by atoms with Gasteiger partial charge in [0.1, 0.15) is 5.82 Å². The maximum Gasteiger partial charge on any atom is 0.272 e. The van der Waals surface area contributed by atoms with Crippen molar-refractivity contribution in [2.24, 2.45) is 11.7 Å². The number of amides is 1. The number of carbonyl (C=O) groups is 1. The van der Waals surface area contributed by atoms with Crippen LogP contribution < -0.4 is 11.1 Å². The third-order valence-electron chi connectivity index (χ3n) is 2.99. The van der Waals surface area contributed by atoms with Gasteiger partial charge in [-0.1, -0.05) is 6.92 Å². The molecule has 22 heavy (non-hydrogen) atoms. The highest BCUT2D eigenvalue weighted by molar-refractivity contribution is 9.10. The first kappa shape index (κ1) is 18.6. The molecule has 8 heteroatoms.